The molecular formula is C10H10Br2O3. The van der Waals surface area contributed by atoms with E-state index < -0.39 is 12.1 Å². The normalized spacial score (nSPS) is 12.2. The summed E-state index contributed by atoms with van der Waals surface area (Å²) in [6, 6.07) is 5.33. The Morgan fingerprint density at radius 1 is 1.53 bits per heavy atom. The molecule has 0 aromatic heterocycles. The molecule has 0 saturated carbocycles. The van der Waals surface area contributed by atoms with Crippen LogP contribution in [0, 0.1) is 0 Å². The Morgan fingerprint density at radius 2 is 2.20 bits per heavy atom. The average molecular weight is 338 g/mol. The molecule has 3 nitrogen and oxygen atoms in total. The van der Waals surface area contributed by atoms with Crippen LogP contribution in [0.15, 0.2) is 27.1 Å². The third-order valence-electron chi connectivity index (χ3n) is 1.81. The summed E-state index contributed by atoms with van der Waals surface area (Å²) in [5.74, 6) is -0.417. The van der Waals surface area contributed by atoms with Gasteiger partial charge in [-0.1, -0.05) is 22.9 Å². The molecule has 0 saturated heterocycles. The molecule has 1 N–H and O–H groups in total. The van der Waals surface area contributed by atoms with Gasteiger partial charge in [0.2, 0.25) is 0 Å². The fourth-order valence-electron chi connectivity index (χ4n) is 1.03. The summed E-state index contributed by atoms with van der Waals surface area (Å²) in [5.41, 5.74) is 0. The van der Waals surface area contributed by atoms with Gasteiger partial charge in [0, 0.05) is 4.47 Å². The number of aliphatic carboxylic acids is 1. The second-order valence-corrected chi connectivity index (χ2v) is 4.70. The van der Waals surface area contributed by atoms with Crippen LogP contribution in [0.3, 0.4) is 0 Å². The van der Waals surface area contributed by atoms with Gasteiger partial charge in [-0.25, -0.2) is 4.79 Å². The number of carbonyl (C=O) groups is 1. The van der Waals surface area contributed by atoms with Crippen molar-refractivity contribution < 1.29 is 14.6 Å². The molecule has 0 spiro atoms. The van der Waals surface area contributed by atoms with Gasteiger partial charge in [-0.2, -0.15) is 0 Å². The van der Waals surface area contributed by atoms with E-state index in [2.05, 4.69) is 31.9 Å². The zero-order valence-corrected chi connectivity index (χ0v) is 11.2. The van der Waals surface area contributed by atoms with E-state index in [9.17, 15) is 4.79 Å². The smallest absolute Gasteiger partial charge is 0.344 e. The minimum absolute atomic E-state index is 0.428. The zero-order valence-electron chi connectivity index (χ0n) is 8.04. The van der Waals surface area contributed by atoms with Crippen LogP contribution in [0.5, 0.6) is 5.75 Å². The highest BCUT2D eigenvalue weighted by atomic mass is 79.9. The van der Waals surface area contributed by atoms with Crippen LogP contribution >= 0.6 is 31.9 Å². The SMILES string of the molecule is CCC(Oc1ccc(Br)cc1Br)C(=O)O. The zero-order chi connectivity index (χ0) is 11.4. The topological polar surface area (TPSA) is 46.5 Å². The van der Waals surface area contributed by atoms with E-state index in [0.717, 1.165) is 8.95 Å². The third kappa shape index (κ3) is 3.50. The highest BCUT2D eigenvalue weighted by Crippen LogP contribution is 2.29. The maximum Gasteiger partial charge on any atom is 0.344 e. The highest BCUT2D eigenvalue weighted by Gasteiger charge is 2.17. The van der Waals surface area contributed by atoms with Gasteiger partial charge in [-0.15, -0.1) is 0 Å². The lowest BCUT2D eigenvalue weighted by molar-refractivity contribution is -0.145. The van der Waals surface area contributed by atoms with Gasteiger partial charge in [0.25, 0.3) is 0 Å². The van der Waals surface area contributed by atoms with Crippen LogP contribution < -0.4 is 4.74 Å². The number of hydrogen-bond acceptors (Lipinski definition) is 2. The first-order valence-electron chi connectivity index (χ1n) is 4.39. The van der Waals surface area contributed by atoms with Crippen molar-refractivity contribution in [2.75, 3.05) is 0 Å². The number of halogens is 2. The Bertz CT molecular complexity index is 366. The lowest BCUT2D eigenvalue weighted by Gasteiger charge is -2.14. The van der Waals surface area contributed by atoms with Crippen LogP contribution in [-0.2, 0) is 4.79 Å². The van der Waals surface area contributed by atoms with E-state index >= 15 is 0 Å². The minimum atomic E-state index is -0.952. The van der Waals surface area contributed by atoms with Crippen LogP contribution in [-0.4, -0.2) is 17.2 Å². The minimum Gasteiger partial charge on any atom is -0.479 e. The molecule has 0 aliphatic heterocycles. The Morgan fingerprint density at radius 3 is 2.67 bits per heavy atom. The van der Waals surface area contributed by atoms with Crippen LogP contribution in [0.1, 0.15) is 13.3 Å². The Balaban J connectivity index is 2.84. The summed E-state index contributed by atoms with van der Waals surface area (Å²) >= 11 is 6.61. The first-order chi connectivity index (χ1) is 7.04. The van der Waals surface area contributed by atoms with Crippen LogP contribution in [0.2, 0.25) is 0 Å². The molecule has 1 rings (SSSR count). The maximum absolute atomic E-state index is 10.8. The summed E-state index contributed by atoms with van der Waals surface area (Å²) < 4.78 is 6.98. The van der Waals surface area contributed by atoms with Crippen LogP contribution in [0.4, 0.5) is 0 Å². The molecule has 1 aromatic rings. The van der Waals surface area contributed by atoms with Gasteiger partial charge >= 0.3 is 5.97 Å². The number of ether oxygens (including phenoxy) is 1. The first kappa shape index (κ1) is 12.5. The van der Waals surface area contributed by atoms with Gasteiger partial charge in [-0.05, 0) is 40.5 Å². The van der Waals surface area contributed by atoms with E-state index in [1.807, 2.05) is 6.07 Å². The maximum atomic E-state index is 10.8. The lowest BCUT2D eigenvalue weighted by Crippen LogP contribution is -2.26. The highest BCUT2D eigenvalue weighted by molar-refractivity contribution is 9.11. The monoisotopic (exact) mass is 336 g/mol. The second kappa shape index (κ2) is 5.51. The molecule has 0 fully saturated rings. The fourth-order valence-corrected chi connectivity index (χ4v) is 2.17. The first-order valence-corrected chi connectivity index (χ1v) is 5.97. The summed E-state index contributed by atoms with van der Waals surface area (Å²) in [7, 11) is 0. The molecule has 5 heteroatoms. The van der Waals surface area contributed by atoms with E-state index in [4.69, 9.17) is 9.84 Å². The summed E-state index contributed by atoms with van der Waals surface area (Å²) in [6.07, 6.45) is -0.375. The van der Waals surface area contributed by atoms with E-state index in [0.29, 0.717) is 12.2 Å². The van der Waals surface area contributed by atoms with Gasteiger partial charge < -0.3 is 9.84 Å². The Kier molecular flexibility index (Phi) is 4.60. The molecule has 82 valence electrons. The number of carboxylic acid groups (broad SMARTS) is 1. The molecular weight excluding hydrogens is 328 g/mol. The van der Waals surface area contributed by atoms with E-state index in [-0.39, 0.29) is 0 Å². The van der Waals surface area contributed by atoms with Crippen molar-refractivity contribution >= 4 is 37.8 Å². The molecule has 0 aliphatic rings. The van der Waals surface area contributed by atoms with Crippen molar-refractivity contribution in [2.24, 2.45) is 0 Å². The summed E-state index contributed by atoms with van der Waals surface area (Å²) in [4.78, 5) is 10.8. The molecule has 0 aliphatic carbocycles. The van der Waals surface area contributed by atoms with E-state index in [1.165, 1.54) is 0 Å². The van der Waals surface area contributed by atoms with Crippen molar-refractivity contribution in [1.29, 1.82) is 0 Å². The average Bonchev–Trinajstić information content (AvgIpc) is 2.16. The van der Waals surface area contributed by atoms with Crippen molar-refractivity contribution in [3.8, 4) is 5.75 Å². The van der Waals surface area contributed by atoms with Crippen LogP contribution in [0.25, 0.3) is 0 Å². The van der Waals surface area contributed by atoms with Gasteiger partial charge in [0.15, 0.2) is 6.10 Å². The summed E-state index contributed by atoms with van der Waals surface area (Å²) in [5, 5.41) is 8.83. The predicted octanol–water partition coefficient (Wildman–Crippen LogP) is 3.45. The molecule has 0 heterocycles. The molecule has 0 radical (unpaired) electrons. The molecule has 15 heavy (non-hydrogen) atoms. The molecule has 0 bridgehead atoms. The van der Waals surface area contributed by atoms with Crippen molar-refractivity contribution in [2.45, 2.75) is 19.4 Å². The van der Waals surface area contributed by atoms with Crippen molar-refractivity contribution in [1.82, 2.24) is 0 Å². The molecule has 1 atom stereocenters. The number of benzene rings is 1. The fraction of sp³-hybridized carbons (Fsp3) is 0.300. The van der Waals surface area contributed by atoms with Crippen molar-refractivity contribution in [3.05, 3.63) is 27.1 Å². The number of hydrogen-bond donors (Lipinski definition) is 1. The number of carboxylic acids is 1. The van der Waals surface area contributed by atoms with Gasteiger partial charge in [-0.3, -0.25) is 0 Å². The molecule has 0 amide bonds. The standard InChI is InChI=1S/C10H10Br2O3/c1-2-8(10(13)14)15-9-4-3-6(11)5-7(9)12/h3-5,8H,2H2,1H3,(H,13,14). The predicted molar refractivity (Wildman–Crippen MR) is 64.2 cm³/mol. The third-order valence-corrected chi connectivity index (χ3v) is 2.92. The van der Waals surface area contributed by atoms with Gasteiger partial charge in [0.05, 0.1) is 4.47 Å². The van der Waals surface area contributed by atoms with Crippen molar-refractivity contribution in [3.63, 3.8) is 0 Å². The Hall–Kier alpha value is -0.550. The Labute approximate surface area is 105 Å². The molecule has 1 unspecified atom stereocenters. The lowest BCUT2D eigenvalue weighted by atomic mass is 10.3. The number of rotatable bonds is 4. The molecule has 1 aromatic carbocycles. The van der Waals surface area contributed by atoms with Gasteiger partial charge in [0.1, 0.15) is 5.75 Å². The summed E-state index contributed by atoms with van der Waals surface area (Å²) in [6.45, 7) is 1.77. The quantitative estimate of drug-likeness (QED) is 0.915. The largest absolute Gasteiger partial charge is 0.479 e. The van der Waals surface area contributed by atoms with E-state index in [1.54, 1.807) is 19.1 Å². The second-order valence-electron chi connectivity index (χ2n) is 2.93.